The van der Waals surface area contributed by atoms with E-state index in [1.807, 2.05) is 37.3 Å². The van der Waals surface area contributed by atoms with Crippen LogP contribution in [0.3, 0.4) is 0 Å². The summed E-state index contributed by atoms with van der Waals surface area (Å²) in [6, 6.07) is 13.0. The second-order valence-corrected chi connectivity index (χ2v) is 4.53. The van der Waals surface area contributed by atoms with Crippen LogP contribution in [0.1, 0.15) is 20.3 Å². The first kappa shape index (κ1) is 15.0. The van der Waals surface area contributed by atoms with Crippen LogP contribution in [0.2, 0.25) is 0 Å². The fourth-order valence-corrected chi connectivity index (χ4v) is 1.85. The Kier molecular flexibility index (Phi) is 5.32. The second-order valence-electron chi connectivity index (χ2n) is 4.53. The minimum atomic E-state index is 0.559. The molecule has 0 spiro atoms. The summed E-state index contributed by atoms with van der Waals surface area (Å²) in [6.45, 7) is 5.20. The van der Waals surface area contributed by atoms with Crippen molar-refractivity contribution < 1.29 is 14.2 Å². The maximum Gasteiger partial charge on any atom is 0.169 e. The van der Waals surface area contributed by atoms with Crippen molar-refractivity contribution in [2.24, 2.45) is 0 Å². The predicted molar refractivity (Wildman–Crippen MR) is 84.3 cm³/mol. The Bertz CT molecular complexity index is 584. The highest BCUT2D eigenvalue weighted by Crippen LogP contribution is 2.34. The van der Waals surface area contributed by atoms with Crippen LogP contribution in [0.5, 0.6) is 23.0 Å². The molecule has 0 aliphatic heterocycles. The maximum atomic E-state index is 5.89. The lowest BCUT2D eigenvalue weighted by Crippen LogP contribution is -1.99. The SMILES string of the molecule is CCCOc1ccccc1Oc1ccc(N)c(OCC)c1. The average molecular weight is 287 g/mol. The average Bonchev–Trinajstić information content (AvgIpc) is 2.50. The zero-order valence-corrected chi connectivity index (χ0v) is 12.5. The third-order valence-corrected chi connectivity index (χ3v) is 2.82. The summed E-state index contributed by atoms with van der Waals surface area (Å²) in [5.74, 6) is 2.70. The number of rotatable bonds is 7. The van der Waals surface area contributed by atoms with Crippen molar-refractivity contribution >= 4 is 5.69 Å². The van der Waals surface area contributed by atoms with Crippen molar-refractivity contribution in [3.8, 4) is 23.0 Å². The quantitative estimate of drug-likeness (QED) is 0.773. The van der Waals surface area contributed by atoms with E-state index in [0.717, 1.165) is 12.2 Å². The van der Waals surface area contributed by atoms with Gasteiger partial charge >= 0.3 is 0 Å². The summed E-state index contributed by atoms with van der Waals surface area (Å²) in [5.41, 5.74) is 6.46. The minimum Gasteiger partial charge on any atom is -0.492 e. The highest BCUT2D eigenvalue weighted by atomic mass is 16.5. The van der Waals surface area contributed by atoms with Gasteiger partial charge in [-0.3, -0.25) is 0 Å². The highest BCUT2D eigenvalue weighted by Gasteiger charge is 2.08. The Morgan fingerprint density at radius 3 is 2.38 bits per heavy atom. The van der Waals surface area contributed by atoms with E-state index in [2.05, 4.69) is 6.92 Å². The van der Waals surface area contributed by atoms with Crippen LogP contribution in [0, 0.1) is 0 Å². The standard InChI is InChI=1S/C17H21NO3/c1-3-11-20-15-7-5-6-8-16(15)21-13-9-10-14(18)17(12-13)19-4-2/h5-10,12H,3-4,11,18H2,1-2H3. The van der Waals surface area contributed by atoms with Gasteiger partial charge in [0.2, 0.25) is 0 Å². The largest absolute Gasteiger partial charge is 0.492 e. The number of ether oxygens (including phenoxy) is 3. The van der Waals surface area contributed by atoms with Crippen LogP contribution < -0.4 is 19.9 Å². The summed E-state index contributed by atoms with van der Waals surface area (Å²) in [6.07, 6.45) is 0.949. The minimum absolute atomic E-state index is 0.559. The molecule has 4 nitrogen and oxygen atoms in total. The van der Waals surface area contributed by atoms with Crippen molar-refractivity contribution in [2.45, 2.75) is 20.3 Å². The van der Waals surface area contributed by atoms with Crippen molar-refractivity contribution in [1.29, 1.82) is 0 Å². The fraction of sp³-hybridized carbons (Fsp3) is 0.294. The van der Waals surface area contributed by atoms with Crippen molar-refractivity contribution in [3.63, 3.8) is 0 Å². The van der Waals surface area contributed by atoms with E-state index in [0.29, 0.717) is 36.1 Å². The van der Waals surface area contributed by atoms with Crippen molar-refractivity contribution in [3.05, 3.63) is 42.5 Å². The van der Waals surface area contributed by atoms with Gasteiger partial charge in [0.25, 0.3) is 0 Å². The van der Waals surface area contributed by atoms with Crippen LogP contribution in [-0.2, 0) is 0 Å². The Labute approximate surface area is 125 Å². The molecule has 21 heavy (non-hydrogen) atoms. The molecular weight excluding hydrogens is 266 g/mol. The molecule has 0 aliphatic rings. The van der Waals surface area contributed by atoms with Gasteiger partial charge in [-0.25, -0.2) is 0 Å². The number of nitrogen functional groups attached to an aromatic ring is 1. The molecule has 4 heteroatoms. The number of hydrogen-bond donors (Lipinski definition) is 1. The van der Waals surface area contributed by atoms with Gasteiger partial charge < -0.3 is 19.9 Å². The summed E-state index contributed by atoms with van der Waals surface area (Å²) in [4.78, 5) is 0. The fourth-order valence-electron chi connectivity index (χ4n) is 1.85. The van der Waals surface area contributed by atoms with E-state index in [-0.39, 0.29) is 0 Å². The molecule has 0 bridgehead atoms. The van der Waals surface area contributed by atoms with Crippen LogP contribution in [0.25, 0.3) is 0 Å². The van der Waals surface area contributed by atoms with Gasteiger partial charge in [0.15, 0.2) is 11.5 Å². The molecule has 0 saturated heterocycles. The molecule has 0 unspecified atom stereocenters. The number of nitrogens with two attached hydrogens (primary N) is 1. The predicted octanol–water partition coefficient (Wildman–Crippen LogP) is 4.25. The number of para-hydroxylation sites is 2. The highest BCUT2D eigenvalue weighted by molar-refractivity contribution is 5.56. The summed E-state index contributed by atoms with van der Waals surface area (Å²) >= 11 is 0. The number of hydrogen-bond acceptors (Lipinski definition) is 4. The van der Waals surface area contributed by atoms with E-state index in [9.17, 15) is 0 Å². The normalized spacial score (nSPS) is 10.2. The first-order valence-electron chi connectivity index (χ1n) is 7.16. The Balaban J connectivity index is 2.19. The van der Waals surface area contributed by atoms with E-state index < -0.39 is 0 Å². The zero-order chi connectivity index (χ0) is 15.1. The van der Waals surface area contributed by atoms with E-state index >= 15 is 0 Å². The van der Waals surface area contributed by atoms with Crippen LogP contribution >= 0.6 is 0 Å². The van der Waals surface area contributed by atoms with E-state index in [4.69, 9.17) is 19.9 Å². The van der Waals surface area contributed by atoms with Gasteiger partial charge in [-0.15, -0.1) is 0 Å². The third-order valence-electron chi connectivity index (χ3n) is 2.82. The monoisotopic (exact) mass is 287 g/mol. The Morgan fingerprint density at radius 2 is 1.67 bits per heavy atom. The first-order chi connectivity index (χ1) is 10.2. The summed E-state index contributed by atoms with van der Waals surface area (Å²) in [5, 5.41) is 0. The zero-order valence-electron chi connectivity index (χ0n) is 12.5. The Hall–Kier alpha value is -2.36. The molecule has 0 fully saturated rings. The smallest absolute Gasteiger partial charge is 0.169 e. The lowest BCUT2D eigenvalue weighted by atomic mass is 10.2. The second kappa shape index (κ2) is 7.43. The third kappa shape index (κ3) is 4.05. The molecule has 112 valence electrons. The molecule has 2 aromatic rings. The van der Waals surface area contributed by atoms with Gasteiger partial charge in [0, 0.05) is 6.07 Å². The van der Waals surface area contributed by atoms with Crippen LogP contribution in [0.4, 0.5) is 5.69 Å². The van der Waals surface area contributed by atoms with Crippen LogP contribution in [0.15, 0.2) is 42.5 Å². The molecule has 2 N–H and O–H groups in total. The van der Waals surface area contributed by atoms with E-state index in [1.54, 1.807) is 12.1 Å². The molecule has 0 atom stereocenters. The van der Waals surface area contributed by atoms with Crippen molar-refractivity contribution in [2.75, 3.05) is 18.9 Å². The molecule has 2 aromatic carbocycles. The topological polar surface area (TPSA) is 53.7 Å². The number of anilines is 1. The molecule has 0 aromatic heterocycles. The maximum absolute atomic E-state index is 5.89. The molecule has 0 amide bonds. The molecule has 0 aliphatic carbocycles. The van der Waals surface area contributed by atoms with Gasteiger partial charge in [-0.05, 0) is 37.6 Å². The summed E-state index contributed by atoms with van der Waals surface area (Å²) < 4.78 is 17.0. The first-order valence-corrected chi connectivity index (χ1v) is 7.16. The summed E-state index contributed by atoms with van der Waals surface area (Å²) in [7, 11) is 0. The molecule has 0 heterocycles. The number of benzene rings is 2. The van der Waals surface area contributed by atoms with Gasteiger partial charge in [-0.1, -0.05) is 19.1 Å². The lowest BCUT2D eigenvalue weighted by molar-refractivity contribution is 0.301. The van der Waals surface area contributed by atoms with Crippen LogP contribution in [-0.4, -0.2) is 13.2 Å². The molecule has 0 saturated carbocycles. The molecule has 2 rings (SSSR count). The Morgan fingerprint density at radius 1 is 0.905 bits per heavy atom. The van der Waals surface area contributed by atoms with Gasteiger partial charge in [-0.2, -0.15) is 0 Å². The lowest BCUT2D eigenvalue weighted by Gasteiger charge is -2.13. The molecular formula is C17H21NO3. The van der Waals surface area contributed by atoms with Gasteiger partial charge in [0.05, 0.1) is 18.9 Å². The van der Waals surface area contributed by atoms with Crippen molar-refractivity contribution in [1.82, 2.24) is 0 Å². The molecule has 0 radical (unpaired) electrons. The van der Waals surface area contributed by atoms with E-state index in [1.165, 1.54) is 0 Å². The van der Waals surface area contributed by atoms with Gasteiger partial charge in [0.1, 0.15) is 11.5 Å².